The van der Waals surface area contributed by atoms with E-state index >= 15 is 0 Å². The minimum Gasteiger partial charge on any atom is -0.413 e. The highest BCUT2D eigenvalue weighted by Gasteiger charge is 2.35. The highest BCUT2D eigenvalue weighted by Crippen LogP contribution is 2.51. The van der Waals surface area contributed by atoms with Gasteiger partial charge in [-0.05, 0) is 65.9 Å². The van der Waals surface area contributed by atoms with Crippen LogP contribution in [0.2, 0.25) is 5.02 Å². The van der Waals surface area contributed by atoms with Crippen LogP contribution in [0.3, 0.4) is 0 Å². The van der Waals surface area contributed by atoms with Crippen LogP contribution in [0.5, 0.6) is 0 Å². The number of carbonyl (C=O) groups is 1. The largest absolute Gasteiger partial charge is 0.529 e. The number of nitrogens with one attached hydrogen (secondary N) is 1. The standard InChI is InChI=1S/C22H26BrClN3O5P/c1-3-30-33(29,31-4-2)32-22-9-6-10-25-20(22)8-5-7-17(28)14-27-13-16-11-19(24)18(23)12-21(16)26-15-27/h3,11-12,15,20,22,25H,1,4,6,8-10,13-14H2,2H3/t20-,22+,33?/m1/s1. The Balaban J connectivity index is 1.56. The third-order valence-electron chi connectivity index (χ3n) is 5.03. The van der Waals surface area contributed by atoms with Crippen LogP contribution in [0.4, 0.5) is 5.69 Å². The lowest BCUT2D eigenvalue weighted by Crippen LogP contribution is -2.45. The zero-order valence-electron chi connectivity index (χ0n) is 18.3. The van der Waals surface area contributed by atoms with Crippen LogP contribution in [-0.2, 0) is 29.5 Å². The summed E-state index contributed by atoms with van der Waals surface area (Å²) in [5.74, 6) is 5.39. The number of hydrogen-bond acceptors (Lipinski definition) is 8. The summed E-state index contributed by atoms with van der Waals surface area (Å²) in [6.07, 6.45) is 4.15. The number of hydrogen-bond donors (Lipinski definition) is 1. The number of carbonyl (C=O) groups excluding carboxylic acids is 1. The van der Waals surface area contributed by atoms with Crippen molar-refractivity contribution in [2.24, 2.45) is 4.99 Å². The Hall–Kier alpha value is -1.66. The van der Waals surface area contributed by atoms with Crippen LogP contribution >= 0.6 is 35.4 Å². The Morgan fingerprint density at radius 1 is 1.52 bits per heavy atom. The first-order chi connectivity index (χ1) is 15.8. The van der Waals surface area contributed by atoms with Crippen molar-refractivity contribution in [1.82, 2.24) is 10.2 Å². The molecule has 1 fully saturated rings. The van der Waals surface area contributed by atoms with Crippen molar-refractivity contribution in [2.75, 3.05) is 19.7 Å². The number of aliphatic imine (C=N–C) groups is 1. The van der Waals surface area contributed by atoms with E-state index in [9.17, 15) is 9.36 Å². The van der Waals surface area contributed by atoms with E-state index in [2.05, 4.69) is 44.7 Å². The van der Waals surface area contributed by atoms with E-state index in [0.29, 0.717) is 24.4 Å². The smallest absolute Gasteiger partial charge is 0.413 e. The van der Waals surface area contributed by atoms with Gasteiger partial charge in [0, 0.05) is 23.5 Å². The van der Waals surface area contributed by atoms with Gasteiger partial charge in [-0.1, -0.05) is 24.1 Å². The zero-order chi connectivity index (χ0) is 23.8. The summed E-state index contributed by atoms with van der Waals surface area (Å²) >= 11 is 9.55. The lowest BCUT2D eigenvalue weighted by atomic mass is 9.99. The molecule has 33 heavy (non-hydrogen) atoms. The van der Waals surface area contributed by atoms with Crippen molar-refractivity contribution in [1.29, 1.82) is 0 Å². The maximum Gasteiger partial charge on any atom is 0.529 e. The third kappa shape index (κ3) is 7.41. The van der Waals surface area contributed by atoms with Crippen molar-refractivity contribution < 1.29 is 22.9 Å². The van der Waals surface area contributed by atoms with Crippen molar-refractivity contribution in [3.8, 4) is 11.8 Å². The van der Waals surface area contributed by atoms with Crippen LogP contribution in [0.1, 0.15) is 31.7 Å². The molecule has 0 bridgehead atoms. The number of phosphoric acid groups is 1. The summed E-state index contributed by atoms with van der Waals surface area (Å²) < 4.78 is 29.3. The second-order valence-electron chi connectivity index (χ2n) is 7.46. The van der Waals surface area contributed by atoms with E-state index in [4.69, 9.17) is 25.2 Å². The second kappa shape index (κ2) is 12.2. The Kier molecular flexibility index (Phi) is 9.57. The molecule has 178 valence electrons. The fourth-order valence-electron chi connectivity index (χ4n) is 3.56. The van der Waals surface area contributed by atoms with Crippen molar-refractivity contribution in [3.63, 3.8) is 0 Å². The van der Waals surface area contributed by atoms with Gasteiger partial charge in [0.05, 0.1) is 42.6 Å². The van der Waals surface area contributed by atoms with Crippen LogP contribution in [0.25, 0.3) is 0 Å². The molecule has 2 aliphatic heterocycles. The summed E-state index contributed by atoms with van der Waals surface area (Å²) in [5.41, 5.74) is 1.76. The van der Waals surface area contributed by atoms with Gasteiger partial charge in [0.15, 0.2) is 0 Å². The second-order valence-corrected chi connectivity index (χ2v) is 10.3. The molecule has 0 aromatic heterocycles. The molecule has 2 heterocycles. The minimum absolute atomic E-state index is 0.119. The Labute approximate surface area is 207 Å². The highest BCUT2D eigenvalue weighted by atomic mass is 79.9. The number of phosphoric ester groups is 1. The predicted octanol–water partition coefficient (Wildman–Crippen LogP) is 4.98. The summed E-state index contributed by atoms with van der Waals surface area (Å²) in [5, 5.41) is 3.91. The zero-order valence-corrected chi connectivity index (χ0v) is 21.5. The number of Topliss-reactive ketones (excluding diaryl/α,β-unsaturated/α-hetero) is 1. The highest BCUT2D eigenvalue weighted by molar-refractivity contribution is 9.10. The first-order valence-corrected chi connectivity index (χ1v) is 13.2. The molecule has 1 N–H and O–H groups in total. The summed E-state index contributed by atoms with van der Waals surface area (Å²) in [6, 6.07) is 3.49. The predicted molar refractivity (Wildman–Crippen MR) is 132 cm³/mol. The number of piperidine rings is 1. The molecule has 3 rings (SSSR count). The molecular formula is C22H26BrClN3O5P. The van der Waals surface area contributed by atoms with Gasteiger partial charge in [-0.2, -0.15) is 0 Å². The molecule has 11 heteroatoms. The molecule has 8 nitrogen and oxygen atoms in total. The first kappa shape index (κ1) is 26.0. The van der Waals surface area contributed by atoms with Gasteiger partial charge in [0.1, 0.15) is 0 Å². The van der Waals surface area contributed by atoms with Crippen LogP contribution in [0, 0.1) is 11.8 Å². The molecule has 1 unspecified atom stereocenters. The molecule has 1 aromatic rings. The molecule has 0 spiro atoms. The Morgan fingerprint density at radius 3 is 3.09 bits per heavy atom. The molecule has 3 atom stereocenters. The van der Waals surface area contributed by atoms with E-state index in [-0.39, 0.29) is 25.0 Å². The van der Waals surface area contributed by atoms with Gasteiger partial charge in [-0.3, -0.25) is 13.8 Å². The van der Waals surface area contributed by atoms with Crippen LogP contribution < -0.4 is 5.32 Å². The molecule has 2 aliphatic rings. The molecule has 0 aliphatic carbocycles. The lowest BCUT2D eigenvalue weighted by Gasteiger charge is -2.32. The number of rotatable bonds is 9. The quantitative estimate of drug-likeness (QED) is 0.198. The number of benzene rings is 1. The number of nitrogens with zero attached hydrogens (tertiary/aromatic N) is 2. The molecule has 0 amide bonds. The molecule has 0 saturated carbocycles. The number of fused-ring (bicyclic) bond motifs is 1. The summed E-state index contributed by atoms with van der Waals surface area (Å²) in [4.78, 5) is 18.6. The van der Waals surface area contributed by atoms with Gasteiger partial charge in [-0.25, -0.2) is 9.56 Å². The fraction of sp³-hybridized carbons (Fsp3) is 0.455. The third-order valence-corrected chi connectivity index (χ3v) is 7.74. The van der Waals surface area contributed by atoms with E-state index in [0.717, 1.165) is 35.0 Å². The Bertz CT molecular complexity index is 1030. The van der Waals surface area contributed by atoms with Gasteiger partial charge in [0.2, 0.25) is 5.78 Å². The molecule has 1 saturated heterocycles. The molecular weight excluding hydrogens is 533 g/mol. The minimum atomic E-state index is -3.74. The Morgan fingerprint density at radius 2 is 2.33 bits per heavy atom. The van der Waals surface area contributed by atoms with Gasteiger partial charge in [0.25, 0.3) is 0 Å². The number of halogens is 2. The van der Waals surface area contributed by atoms with Gasteiger partial charge >= 0.3 is 7.82 Å². The normalized spacial score (nSPS) is 21.4. The summed E-state index contributed by atoms with van der Waals surface area (Å²) in [7, 11) is -3.74. The number of ketones is 1. The van der Waals surface area contributed by atoms with Gasteiger partial charge in [-0.15, -0.1) is 0 Å². The van der Waals surface area contributed by atoms with Gasteiger partial charge < -0.3 is 14.7 Å². The SMILES string of the molecule is C=COP(=O)(OCC)O[C@H]1CCCN[C@@H]1CC#CC(=O)CN1C=Nc2cc(Br)c(Cl)cc2C1. The van der Waals surface area contributed by atoms with Crippen molar-refractivity contribution >= 4 is 53.2 Å². The average Bonchev–Trinajstić information content (AvgIpc) is 2.76. The fourth-order valence-corrected chi connectivity index (χ4v) is 5.33. The van der Waals surface area contributed by atoms with E-state index in [1.54, 1.807) is 18.2 Å². The monoisotopic (exact) mass is 557 g/mol. The van der Waals surface area contributed by atoms with E-state index in [1.165, 1.54) is 0 Å². The molecule has 1 aromatic carbocycles. The summed E-state index contributed by atoms with van der Waals surface area (Å²) in [6.45, 7) is 6.73. The average molecular weight is 559 g/mol. The molecule has 0 radical (unpaired) electrons. The first-order valence-electron chi connectivity index (χ1n) is 10.6. The van der Waals surface area contributed by atoms with Crippen molar-refractivity contribution in [3.05, 3.63) is 40.0 Å². The van der Waals surface area contributed by atoms with Crippen LogP contribution in [-0.4, -0.2) is 48.9 Å². The lowest BCUT2D eigenvalue weighted by molar-refractivity contribution is -0.114. The topological polar surface area (TPSA) is 89.5 Å². The van der Waals surface area contributed by atoms with E-state index in [1.807, 2.05) is 12.1 Å². The van der Waals surface area contributed by atoms with Crippen LogP contribution in [0.15, 0.2) is 34.4 Å². The maximum atomic E-state index is 12.7. The van der Waals surface area contributed by atoms with Crippen molar-refractivity contribution in [2.45, 2.75) is 44.9 Å². The van der Waals surface area contributed by atoms with E-state index < -0.39 is 13.9 Å². The maximum absolute atomic E-state index is 12.7.